The van der Waals surface area contributed by atoms with Crippen molar-refractivity contribution < 1.29 is 18.3 Å². The third-order valence-electron chi connectivity index (χ3n) is 1.72. The Bertz CT molecular complexity index is 427. The first-order valence-corrected chi connectivity index (χ1v) is 3.86. The first kappa shape index (κ1) is 11.0. The average molecular weight is 212 g/mol. The van der Waals surface area contributed by atoms with Gasteiger partial charge in [0.1, 0.15) is 6.07 Å². The van der Waals surface area contributed by atoms with E-state index in [9.17, 15) is 13.6 Å². The second-order valence-electron chi connectivity index (χ2n) is 2.56. The molecule has 0 atom stereocenters. The third kappa shape index (κ3) is 2.07. The molecule has 0 amide bonds. The number of esters is 1. The van der Waals surface area contributed by atoms with Crippen molar-refractivity contribution in [2.75, 3.05) is 7.11 Å². The van der Waals surface area contributed by atoms with E-state index in [1.54, 1.807) is 6.07 Å². The average Bonchev–Trinajstić information content (AvgIpc) is 2.26. The van der Waals surface area contributed by atoms with Gasteiger partial charge in [-0.3, -0.25) is 4.98 Å². The molecule has 1 rings (SSSR count). The number of halogens is 2. The van der Waals surface area contributed by atoms with Gasteiger partial charge in [-0.25, -0.2) is 13.6 Å². The summed E-state index contributed by atoms with van der Waals surface area (Å²) >= 11 is 0. The van der Waals surface area contributed by atoms with Crippen LogP contribution in [0.15, 0.2) is 12.4 Å². The number of methoxy groups -OCH3 is 1. The van der Waals surface area contributed by atoms with Gasteiger partial charge in [0.05, 0.1) is 23.8 Å². The van der Waals surface area contributed by atoms with E-state index in [-0.39, 0.29) is 5.56 Å². The minimum atomic E-state index is -2.88. The highest BCUT2D eigenvalue weighted by atomic mass is 19.3. The van der Waals surface area contributed by atoms with Gasteiger partial charge in [-0.2, -0.15) is 5.26 Å². The van der Waals surface area contributed by atoms with Crippen molar-refractivity contribution in [1.82, 2.24) is 4.98 Å². The standard InChI is InChI=1S/C9H6F2N2O2/c1-15-9(14)7-5(2-12)3-13-4-6(7)8(10)11/h3-4,8H,1H3. The number of aromatic nitrogens is 1. The van der Waals surface area contributed by atoms with Crippen LogP contribution in [0.25, 0.3) is 0 Å². The SMILES string of the molecule is COC(=O)c1c(C#N)cncc1C(F)F. The van der Waals surface area contributed by atoms with Crippen LogP contribution in [0.5, 0.6) is 0 Å². The molecule has 0 fully saturated rings. The van der Waals surface area contributed by atoms with Crippen LogP contribution in [0.3, 0.4) is 0 Å². The van der Waals surface area contributed by atoms with Gasteiger partial charge < -0.3 is 4.74 Å². The van der Waals surface area contributed by atoms with Crippen LogP contribution in [0.1, 0.15) is 27.9 Å². The molecule has 1 heterocycles. The maximum atomic E-state index is 12.5. The summed E-state index contributed by atoms with van der Waals surface area (Å²) in [5.74, 6) is -0.968. The number of hydrogen-bond acceptors (Lipinski definition) is 4. The molecule has 0 aromatic carbocycles. The molecule has 6 heteroatoms. The zero-order valence-electron chi connectivity index (χ0n) is 7.70. The molecule has 0 saturated carbocycles. The molecule has 0 saturated heterocycles. The summed E-state index contributed by atoms with van der Waals surface area (Å²) in [5.41, 5.74) is -1.24. The van der Waals surface area contributed by atoms with Gasteiger partial charge in [0.2, 0.25) is 0 Å². The van der Waals surface area contributed by atoms with Gasteiger partial charge in [-0.05, 0) is 0 Å². The van der Waals surface area contributed by atoms with Crippen LogP contribution in [-0.2, 0) is 4.74 Å². The summed E-state index contributed by atoms with van der Waals surface area (Å²) in [7, 11) is 1.05. The molecule has 0 radical (unpaired) electrons. The van der Waals surface area contributed by atoms with Gasteiger partial charge >= 0.3 is 5.97 Å². The fraction of sp³-hybridized carbons (Fsp3) is 0.222. The molecular weight excluding hydrogens is 206 g/mol. The summed E-state index contributed by atoms with van der Waals surface area (Å²) in [5, 5.41) is 8.63. The molecule has 0 bridgehead atoms. The van der Waals surface area contributed by atoms with E-state index in [1.807, 2.05) is 0 Å². The highest BCUT2D eigenvalue weighted by Gasteiger charge is 2.22. The van der Waals surface area contributed by atoms with Crippen molar-refractivity contribution in [1.29, 1.82) is 5.26 Å². The lowest BCUT2D eigenvalue weighted by atomic mass is 10.1. The molecular formula is C9H6F2N2O2. The number of alkyl halides is 2. The van der Waals surface area contributed by atoms with Crippen molar-refractivity contribution in [3.63, 3.8) is 0 Å². The lowest BCUT2D eigenvalue weighted by Gasteiger charge is -2.07. The second-order valence-corrected chi connectivity index (χ2v) is 2.56. The molecule has 78 valence electrons. The Morgan fingerprint density at radius 3 is 2.73 bits per heavy atom. The number of carbonyl (C=O) groups excluding carboxylic acids is 1. The number of pyridine rings is 1. The normalized spacial score (nSPS) is 9.80. The van der Waals surface area contributed by atoms with Crippen LogP contribution >= 0.6 is 0 Å². The summed E-state index contributed by atoms with van der Waals surface area (Å²) in [4.78, 5) is 14.6. The van der Waals surface area contributed by atoms with E-state index in [0.29, 0.717) is 0 Å². The topological polar surface area (TPSA) is 63.0 Å². The maximum absolute atomic E-state index is 12.5. The molecule has 0 aliphatic heterocycles. The van der Waals surface area contributed by atoms with Crippen LogP contribution in [0, 0.1) is 11.3 Å². The number of nitriles is 1. The predicted octanol–water partition coefficient (Wildman–Crippen LogP) is 1.68. The zero-order valence-corrected chi connectivity index (χ0v) is 7.70. The van der Waals surface area contributed by atoms with Gasteiger partial charge in [0.15, 0.2) is 0 Å². The van der Waals surface area contributed by atoms with Crippen LogP contribution < -0.4 is 0 Å². The number of rotatable bonds is 2. The fourth-order valence-electron chi connectivity index (χ4n) is 1.06. The Hall–Kier alpha value is -2.03. The molecule has 15 heavy (non-hydrogen) atoms. The van der Waals surface area contributed by atoms with Crippen molar-refractivity contribution in [2.45, 2.75) is 6.43 Å². The molecule has 1 aromatic rings. The Balaban J connectivity index is 3.42. The van der Waals surface area contributed by atoms with E-state index in [0.717, 1.165) is 19.5 Å². The van der Waals surface area contributed by atoms with Crippen LogP contribution in [0.4, 0.5) is 8.78 Å². The maximum Gasteiger partial charge on any atom is 0.339 e. The minimum Gasteiger partial charge on any atom is -0.465 e. The van der Waals surface area contributed by atoms with Crippen molar-refractivity contribution in [3.8, 4) is 6.07 Å². The second kappa shape index (κ2) is 4.46. The molecule has 0 unspecified atom stereocenters. The van der Waals surface area contributed by atoms with Crippen molar-refractivity contribution in [3.05, 3.63) is 29.1 Å². The fourth-order valence-corrected chi connectivity index (χ4v) is 1.06. The quantitative estimate of drug-likeness (QED) is 0.699. The zero-order chi connectivity index (χ0) is 11.4. The molecule has 4 nitrogen and oxygen atoms in total. The lowest BCUT2D eigenvalue weighted by molar-refractivity contribution is 0.0588. The molecule has 0 aliphatic carbocycles. The Morgan fingerprint density at radius 2 is 2.27 bits per heavy atom. The van der Waals surface area contributed by atoms with E-state index in [4.69, 9.17) is 5.26 Å². The first-order valence-electron chi connectivity index (χ1n) is 3.86. The van der Waals surface area contributed by atoms with Gasteiger partial charge in [-0.1, -0.05) is 0 Å². The lowest BCUT2D eigenvalue weighted by Crippen LogP contribution is -2.09. The molecule has 0 N–H and O–H groups in total. The highest BCUT2D eigenvalue weighted by molar-refractivity contribution is 5.93. The number of carbonyl (C=O) groups is 1. The van der Waals surface area contributed by atoms with E-state index in [1.165, 1.54) is 0 Å². The van der Waals surface area contributed by atoms with Crippen molar-refractivity contribution in [2.24, 2.45) is 0 Å². The monoisotopic (exact) mass is 212 g/mol. The van der Waals surface area contributed by atoms with Gasteiger partial charge in [0.25, 0.3) is 6.43 Å². The van der Waals surface area contributed by atoms with E-state index in [2.05, 4.69) is 9.72 Å². The van der Waals surface area contributed by atoms with Crippen molar-refractivity contribution >= 4 is 5.97 Å². The first-order chi connectivity index (χ1) is 7.11. The van der Waals surface area contributed by atoms with Crippen LogP contribution in [0.2, 0.25) is 0 Å². The third-order valence-corrected chi connectivity index (χ3v) is 1.72. The summed E-state index contributed by atoms with van der Waals surface area (Å²) in [6.45, 7) is 0. The number of ether oxygens (including phenoxy) is 1. The highest BCUT2D eigenvalue weighted by Crippen LogP contribution is 2.24. The molecule has 1 aromatic heterocycles. The summed E-state index contributed by atoms with van der Waals surface area (Å²) in [6.07, 6.45) is -0.990. The Morgan fingerprint density at radius 1 is 1.60 bits per heavy atom. The van der Waals surface area contributed by atoms with E-state index >= 15 is 0 Å². The van der Waals surface area contributed by atoms with E-state index < -0.39 is 23.5 Å². The molecule has 0 aliphatic rings. The van der Waals surface area contributed by atoms with Gasteiger partial charge in [0, 0.05) is 12.4 Å². The smallest absolute Gasteiger partial charge is 0.339 e. The van der Waals surface area contributed by atoms with Crippen LogP contribution in [-0.4, -0.2) is 18.1 Å². The summed E-state index contributed by atoms with van der Waals surface area (Å²) < 4.78 is 29.3. The minimum absolute atomic E-state index is 0.223. The largest absolute Gasteiger partial charge is 0.465 e. The van der Waals surface area contributed by atoms with Gasteiger partial charge in [-0.15, -0.1) is 0 Å². The Labute approximate surface area is 84.1 Å². The number of hydrogen-bond donors (Lipinski definition) is 0. The summed E-state index contributed by atoms with van der Waals surface area (Å²) in [6, 6.07) is 1.61. The predicted molar refractivity (Wildman–Crippen MR) is 45.2 cm³/mol. The number of nitrogens with zero attached hydrogens (tertiary/aromatic N) is 2. The molecule has 0 spiro atoms. The Kier molecular flexibility index (Phi) is 3.29.